The van der Waals surface area contributed by atoms with E-state index < -0.39 is 0 Å². The van der Waals surface area contributed by atoms with E-state index in [1.54, 1.807) is 0 Å². The molecule has 0 bridgehead atoms. The summed E-state index contributed by atoms with van der Waals surface area (Å²) in [6, 6.07) is 22.2. The average Bonchev–Trinajstić information content (AvgIpc) is 3.02. The van der Waals surface area contributed by atoms with Crippen LogP contribution in [0.4, 0.5) is 0 Å². The average molecular weight is 304 g/mol. The van der Waals surface area contributed by atoms with Crippen LogP contribution >= 0.6 is 0 Å². The zero-order valence-corrected chi connectivity index (χ0v) is 13.4. The topological polar surface area (TPSA) is 34.0 Å². The summed E-state index contributed by atoms with van der Waals surface area (Å²) < 4.78 is 1.82. The molecule has 3 heteroatoms. The Bertz CT molecular complexity index is 788. The first-order valence-corrected chi connectivity index (χ1v) is 7.73. The van der Waals surface area contributed by atoms with Crippen LogP contribution in [0.15, 0.2) is 72.9 Å². The van der Waals surface area contributed by atoms with Gasteiger partial charge in [0, 0.05) is 13.2 Å². The van der Waals surface area contributed by atoms with Gasteiger partial charge < -0.3 is 9.88 Å². The number of carbonyl (C=O) groups excluding carboxylic acids is 1. The normalized spacial score (nSPS) is 11.9. The Hall–Kier alpha value is -2.81. The van der Waals surface area contributed by atoms with Crippen molar-refractivity contribution in [1.29, 1.82) is 0 Å². The molecule has 0 fully saturated rings. The first-order valence-electron chi connectivity index (χ1n) is 7.73. The number of rotatable bonds is 4. The number of carbonyl (C=O) groups is 1. The first-order chi connectivity index (χ1) is 11.1. The molecular weight excluding hydrogens is 284 g/mol. The molecule has 0 spiro atoms. The van der Waals surface area contributed by atoms with Crippen LogP contribution in [-0.4, -0.2) is 10.5 Å². The molecule has 23 heavy (non-hydrogen) atoms. The van der Waals surface area contributed by atoms with E-state index >= 15 is 0 Å². The van der Waals surface area contributed by atoms with Gasteiger partial charge in [0.05, 0.1) is 6.04 Å². The monoisotopic (exact) mass is 304 g/mol. The Kier molecular flexibility index (Phi) is 4.29. The van der Waals surface area contributed by atoms with Crippen molar-refractivity contribution in [2.75, 3.05) is 0 Å². The van der Waals surface area contributed by atoms with Crippen LogP contribution in [0.1, 0.15) is 29.0 Å². The Morgan fingerprint density at radius 2 is 1.57 bits per heavy atom. The van der Waals surface area contributed by atoms with Gasteiger partial charge in [-0.05, 0) is 35.7 Å². The quantitative estimate of drug-likeness (QED) is 0.770. The zero-order chi connectivity index (χ0) is 16.2. The number of hydrogen-bond acceptors (Lipinski definition) is 1. The molecule has 116 valence electrons. The predicted molar refractivity (Wildman–Crippen MR) is 93.2 cm³/mol. The fourth-order valence-corrected chi connectivity index (χ4v) is 2.65. The zero-order valence-electron chi connectivity index (χ0n) is 13.4. The van der Waals surface area contributed by atoms with Crippen molar-refractivity contribution in [3.8, 4) is 11.1 Å². The molecule has 0 aliphatic rings. The van der Waals surface area contributed by atoms with Crippen LogP contribution in [0.3, 0.4) is 0 Å². The summed E-state index contributed by atoms with van der Waals surface area (Å²) >= 11 is 0. The second-order valence-corrected chi connectivity index (χ2v) is 5.69. The van der Waals surface area contributed by atoms with Crippen LogP contribution in [-0.2, 0) is 7.05 Å². The maximum Gasteiger partial charge on any atom is 0.268 e. The van der Waals surface area contributed by atoms with Crippen molar-refractivity contribution in [2.45, 2.75) is 13.0 Å². The van der Waals surface area contributed by atoms with E-state index in [9.17, 15) is 4.79 Å². The maximum absolute atomic E-state index is 12.3. The lowest BCUT2D eigenvalue weighted by Gasteiger charge is -2.15. The standard InChI is InChI=1S/C20H20N2O/c1-15(21-20(23)19-9-6-14-22(19)2)16-10-12-18(13-11-16)17-7-4-3-5-8-17/h3-15H,1-2H3,(H,21,23). The SMILES string of the molecule is CC(NC(=O)c1cccn1C)c1ccc(-c2ccccc2)cc1. The number of amides is 1. The number of nitrogens with one attached hydrogen (secondary N) is 1. The van der Waals surface area contributed by atoms with E-state index in [2.05, 4.69) is 41.7 Å². The summed E-state index contributed by atoms with van der Waals surface area (Å²) in [5.41, 5.74) is 4.12. The smallest absolute Gasteiger partial charge is 0.268 e. The van der Waals surface area contributed by atoms with E-state index in [1.165, 1.54) is 11.1 Å². The minimum Gasteiger partial charge on any atom is -0.347 e. The van der Waals surface area contributed by atoms with Crippen molar-refractivity contribution < 1.29 is 4.79 Å². The fraction of sp³-hybridized carbons (Fsp3) is 0.150. The van der Waals surface area contributed by atoms with Crippen molar-refractivity contribution in [1.82, 2.24) is 9.88 Å². The van der Waals surface area contributed by atoms with Crippen molar-refractivity contribution >= 4 is 5.91 Å². The van der Waals surface area contributed by atoms with E-state index in [0.29, 0.717) is 5.69 Å². The summed E-state index contributed by atoms with van der Waals surface area (Å²) in [5.74, 6) is -0.0582. The van der Waals surface area contributed by atoms with Gasteiger partial charge in [0.15, 0.2) is 0 Å². The largest absolute Gasteiger partial charge is 0.347 e. The molecule has 0 aliphatic carbocycles. The summed E-state index contributed by atoms with van der Waals surface area (Å²) in [7, 11) is 1.87. The maximum atomic E-state index is 12.3. The van der Waals surface area contributed by atoms with Crippen LogP contribution in [0, 0.1) is 0 Å². The molecule has 2 aromatic carbocycles. The van der Waals surface area contributed by atoms with Gasteiger partial charge in [-0.25, -0.2) is 0 Å². The highest BCUT2D eigenvalue weighted by molar-refractivity contribution is 5.93. The Balaban J connectivity index is 1.72. The van der Waals surface area contributed by atoms with Gasteiger partial charge in [-0.3, -0.25) is 4.79 Å². The molecule has 3 nitrogen and oxygen atoms in total. The Morgan fingerprint density at radius 3 is 2.17 bits per heavy atom. The van der Waals surface area contributed by atoms with Gasteiger partial charge >= 0.3 is 0 Å². The van der Waals surface area contributed by atoms with Crippen LogP contribution in [0.25, 0.3) is 11.1 Å². The molecule has 0 saturated heterocycles. The lowest BCUT2D eigenvalue weighted by molar-refractivity contribution is 0.0931. The number of benzene rings is 2. The van der Waals surface area contributed by atoms with Crippen molar-refractivity contribution in [3.63, 3.8) is 0 Å². The predicted octanol–water partition coefficient (Wildman–Crippen LogP) is 4.18. The molecule has 3 rings (SSSR count). The van der Waals surface area contributed by atoms with Crippen LogP contribution < -0.4 is 5.32 Å². The first kappa shape index (κ1) is 15.1. The third-order valence-electron chi connectivity index (χ3n) is 4.04. The van der Waals surface area contributed by atoms with E-state index in [1.807, 2.05) is 55.1 Å². The summed E-state index contributed by atoms with van der Waals surface area (Å²) in [6.07, 6.45) is 1.87. The molecule has 0 aliphatic heterocycles. The number of hydrogen-bond donors (Lipinski definition) is 1. The van der Waals surface area contributed by atoms with Gasteiger partial charge in [0.25, 0.3) is 5.91 Å². The van der Waals surface area contributed by atoms with E-state index in [4.69, 9.17) is 0 Å². The summed E-state index contributed by atoms with van der Waals surface area (Å²) in [4.78, 5) is 12.3. The Labute approximate surface area is 136 Å². The molecule has 1 aromatic heterocycles. The highest BCUT2D eigenvalue weighted by atomic mass is 16.2. The van der Waals surface area contributed by atoms with Gasteiger partial charge in [-0.2, -0.15) is 0 Å². The fourth-order valence-electron chi connectivity index (χ4n) is 2.65. The van der Waals surface area contributed by atoms with E-state index in [-0.39, 0.29) is 11.9 Å². The van der Waals surface area contributed by atoms with Crippen molar-refractivity contribution in [2.24, 2.45) is 7.05 Å². The minimum atomic E-state index is -0.0582. The highest BCUT2D eigenvalue weighted by Gasteiger charge is 2.13. The lowest BCUT2D eigenvalue weighted by Crippen LogP contribution is -2.28. The molecule has 1 unspecified atom stereocenters. The number of aryl methyl sites for hydroxylation is 1. The molecule has 1 heterocycles. The number of nitrogens with zero attached hydrogens (tertiary/aromatic N) is 1. The third kappa shape index (κ3) is 3.34. The van der Waals surface area contributed by atoms with Gasteiger partial charge in [-0.15, -0.1) is 0 Å². The molecule has 3 aromatic rings. The van der Waals surface area contributed by atoms with Gasteiger partial charge in [0.2, 0.25) is 0 Å². The minimum absolute atomic E-state index is 0.0396. The second kappa shape index (κ2) is 6.53. The molecule has 0 radical (unpaired) electrons. The summed E-state index contributed by atoms with van der Waals surface area (Å²) in [5, 5.41) is 3.04. The number of aromatic nitrogens is 1. The van der Waals surface area contributed by atoms with Crippen LogP contribution in [0.2, 0.25) is 0 Å². The molecule has 1 amide bonds. The van der Waals surface area contributed by atoms with Gasteiger partial charge in [0.1, 0.15) is 5.69 Å². The second-order valence-electron chi connectivity index (χ2n) is 5.69. The molecule has 1 N–H and O–H groups in total. The van der Waals surface area contributed by atoms with E-state index in [0.717, 1.165) is 5.56 Å². The lowest BCUT2D eigenvalue weighted by atomic mass is 10.0. The molecule has 0 saturated carbocycles. The van der Waals surface area contributed by atoms with Crippen LogP contribution in [0.5, 0.6) is 0 Å². The third-order valence-corrected chi connectivity index (χ3v) is 4.04. The van der Waals surface area contributed by atoms with Crippen molar-refractivity contribution in [3.05, 3.63) is 84.2 Å². The van der Waals surface area contributed by atoms with Gasteiger partial charge in [-0.1, -0.05) is 54.6 Å². The highest BCUT2D eigenvalue weighted by Crippen LogP contribution is 2.22. The summed E-state index contributed by atoms with van der Waals surface area (Å²) in [6.45, 7) is 2.00. The molecular formula is C20H20N2O. The molecule has 1 atom stereocenters. The Morgan fingerprint density at radius 1 is 0.913 bits per heavy atom.